The van der Waals surface area contributed by atoms with Crippen LogP contribution in [0.4, 0.5) is 0 Å². The summed E-state index contributed by atoms with van der Waals surface area (Å²) in [5.41, 5.74) is -1.89. The van der Waals surface area contributed by atoms with Gasteiger partial charge in [-0.3, -0.25) is 14.4 Å². The zero-order valence-electron chi connectivity index (χ0n) is 17.4. The number of rotatable bonds is 7. The van der Waals surface area contributed by atoms with Crippen molar-refractivity contribution in [1.82, 2.24) is 10.2 Å². The standard InChI is InChI=1S/C20H32N2O6/c1-6-12(10-23)22-15(16(24)21-11(3)4)20-9-8-19(5,28-20)14(13(20)17(22)25)18(26)27-7-2/h11-15,23H,6-10H2,1-5H3,(H,21,24)/t12-,13-,14+,15?,19-,20?/m0/s1. The first-order chi connectivity index (χ1) is 13.2. The molecule has 0 radical (unpaired) electrons. The lowest BCUT2D eigenvalue weighted by Gasteiger charge is -2.37. The van der Waals surface area contributed by atoms with Gasteiger partial charge in [-0.05, 0) is 47.0 Å². The number of fused-ring (bicyclic) bond motifs is 1. The van der Waals surface area contributed by atoms with Crippen molar-refractivity contribution in [3.8, 4) is 0 Å². The SMILES string of the molecule is CCOC(=O)[C@H]1[C@H]2C(=O)N([C@@H](CC)CO)C(C(=O)NC(C)C)C23CC[C@]1(C)O3. The van der Waals surface area contributed by atoms with Crippen LogP contribution in [-0.4, -0.2) is 70.3 Å². The van der Waals surface area contributed by atoms with E-state index >= 15 is 0 Å². The molecule has 3 rings (SSSR count). The van der Waals surface area contributed by atoms with Crippen LogP contribution >= 0.6 is 0 Å². The second-order valence-electron chi connectivity index (χ2n) is 8.63. The van der Waals surface area contributed by atoms with Gasteiger partial charge in [-0.2, -0.15) is 0 Å². The minimum atomic E-state index is -1.06. The number of carbonyl (C=O) groups excluding carboxylic acids is 3. The first-order valence-electron chi connectivity index (χ1n) is 10.3. The van der Waals surface area contributed by atoms with Crippen molar-refractivity contribution in [2.45, 2.75) is 83.2 Å². The minimum Gasteiger partial charge on any atom is -0.466 e. The summed E-state index contributed by atoms with van der Waals surface area (Å²) >= 11 is 0. The highest BCUT2D eigenvalue weighted by atomic mass is 16.6. The maximum Gasteiger partial charge on any atom is 0.312 e. The Bertz CT molecular complexity index is 663. The smallest absolute Gasteiger partial charge is 0.312 e. The number of nitrogens with one attached hydrogen (secondary N) is 1. The molecule has 0 aliphatic carbocycles. The van der Waals surface area contributed by atoms with Gasteiger partial charge < -0.3 is 24.8 Å². The lowest BCUT2D eigenvalue weighted by molar-refractivity contribution is -0.160. The van der Waals surface area contributed by atoms with Crippen molar-refractivity contribution in [1.29, 1.82) is 0 Å². The number of nitrogens with zero attached hydrogens (tertiary/aromatic N) is 1. The Labute approximate surface area is 165 Å². The number of esters is 1. The number of hydrogen-bond donors (Lipinski definition) is 2. The average Bonchev–Trinajstić information content (AvgIpc) is 3.17. The molecule has 2 N–H and O–H groups in total. The Morgan fingerprint density at radius 3 is 2.57 bits per heavy atom. The molecule has 8 nitrogen and oxygen atoms in total. The van der Waals surface area contributed by atoms with Crippen molar-refractivity contribution in [3.05, 3.63) is 0 Å². The first kappa shape index (κ1) is 21.0. The van der Waals surface area contributed by atoms with E-state index in [0.717, 1.165) is 0 Å². The van der Waals surface area contributed by atoms with E-state index in [2.05, 4.69) is 5.32 Å². The molecule has 0 aromatic carbocycles. The number of aliphatic hydroxyl groups is 1. The van der Waals surface area contributed by atoms with Crippen LogP contribution in [0.1, 0.15) is 53.9 Å². The Morgan fingerprint density at radius 2 is 2.04 bits per heavy atom. The van der Waals surface area contributed by atoms with Crippen LogP contribution in [0.15, 0.2) is 0 Å². The third-order valence-corrected chi connectivity index (χ3v) is 6.51. The van der Waals surface area contributed by atoms with Crippen molar-refractivity contribution >= 4 is 17.8 Å². The van der Waals surface area contributed by atoms with Crippen LogP contribution in [0.25, 0.3) is 0 Å². The van der Waals surface area contributed by atoms with Crippen LogP contribution in [-0.2, 0) is 23.9 Å². The van der Waals surface area contributed by atoms with E-state index in [9.17, 15) is 19.5 Å². The zero-order valence-corrected chi connectivity index (χ0v) is 17.4. The molecular weight excluding hydrogens is 364 g/mol. The fourth-order valence-corrected chi connectivity index (χ4v) is 5.42. The zero-order chi connectivity index (χ0) is 20.9. The quantitative estimate of drug-likeness (QED) is 0.611. The van der Waals surface area contributed by atoms with Gasteiger partial charge in [-0.15, -0.1) is 0 Å². The van der Waals surface area contributed by atoms with Gasteiger partial charge in [-0.25, -0.2) is 0 Å². The molecule has 1 spiro atoms. The maximum absolute atomic E-state index is 13.5. The van der Waals surface area contributed by atoms with Gasteiger partial charge in [-0.1, -0.05) is 6.92 Å². The van der Waals surface area contributed by atoms with Crippen LogP contribution in [0.3, 0.4) is 0 Å². The lowest BCUT2D eigenvalue weighted by atomic mass is 9.66. The number of hydrogen-bond acceptors (Lipinski definition) is 6. The maximum atomic E-state index is 13.5. The molecule has 2 bridgehead atoms. The van der Waals surface area contributed by atoms with E-state index in [1.54, 1.807) is 6.92 Å². The predicted molar refractivity (Wildman–Crippen MR) is 100 cm³/mol. The Kier molecular flexibility index (Phi) is 5.49. The van der Waals surface area contributed by atoms with Gasteiger partial charge in [0.15, 0.2) is 0 Å². The third-order valence-electron chi connectivity index (χ3n) is 6.51. The molecule has 3 fully saturated rings. The summed E-state index contributed by atoms with van der Waals surface area (Å²) in [6.07, 6.45) is 1.59. The minimum absolute atomic E-state index is 0.107. The molecule has 28 heavy (non-hydrogen) atoms. The summed E-state index contributed by atoms with van der Waals surface area (Å²) in [5, 5.41) is 12.8. The second kappa shape index (κ2) is 7.30. The Balaban J connectivity index is 2.09. The number of amides is 2. The van der Waals surface area contributed by atoms with Gasteiger partial charge in [0.1, 0.15) is 17.6 Å². The highest BCUT2D eigenvalue weighted by Crippen LogP contribution is 2.63. The highest BCUT2D eigenvalue weighted by molar-refractivity contribution is 5.98. The number of aliphatic hydroxyl groups excluding tert-OH is 1. The number of ether oxygens (including phenoxy) is 2. The van der Waals surface area contributed by atoms with Crippen molar-refractivity contribution in [2.75, 3.05) is 13.2 Å². The molecule has 6 atom stereocenters. The van der Waals surface area contributed by atoms with E-state index in [4.69, 9.17) is 9.47 Å². The fourth-order valence-electron chi connectivity index (χ4n) is 5.42. The fraction of sp³-hybridized carbons (Fsp3) is 0.850. The molecule has 3 heterocycles. The summed E-state index contributed by atoms with van der Waals surface area (Å²) in [5.74, 6) is -2.57. The van der Waals surface area contributed by atoms with Crippen LogP contribution in [0.5, 0.6) is 0 Å². The molecule has 3 aliphatic heterocycles. The van der Waals surface area contributed by atoms with E-state index < -0.39 is 41.1 Å². The molecule has 0 aromatic rings. The molecule has 0 saturated carbocycles. The Morgan fingerprint density at radius 1 is 1.36 bits per heavy atom. The van der Waals surface area contributed by atoms with Crippen LogP contribution in [0, 0.1) is 11.8 Å². The molecule has 8 heteroatoms. The summed E-state index contributed by atoms with van der Waals surface area (Å²) in [6.45, 7) is 9.09. The number of likely N-dealkylation sites (tertiary alicyclic amines) is 1. The first-order valence-corrected chi connectivity index (χ1v) is 10.3. The second-order valence-corrected chi connectivity index (χ2v) is 8.63. The summed E-state index contributed by atoms with van der Waals surface area (Å²) in [6, 6.07) is -1.48. The summed E-state index contributed by atoms with van der Waals surface area (Å²) in [4.78, 5) is 41.0. The topological polar surface area (TPSA) is 105 Å². The lowest BCUT2D eigenvalue weighted by Crippen LogP contribution is -2.58. The third kappa shape index (κ3) is 2.84. The van der Waals surface area contributed by atoms with Crippen LogP contribution < -0.4 is 5.32 Å². The van der Waals surface area contributed by atoms with E-state index in [1.165, 1.54) is 4.90 Å². The molecular formula is C20H32N2O6. The molecule has 2 amide bonds. The van der Waals surface area contributed by atoms with Gasteiger partial charge in [0.25, 0.3) is 0 Å². The highest BCUT2D eigenvalue weighted by Gasteiger charge is 2.78. The van der Waals surface area contributed by atoms with E-state index in [0.29, 0.717) is 19.3 Å². The predicted octanol–water partition coefficient (Wildman–Crippen LogP) is 0.610. The summed E-state index contributed by atoms with van der Waals surface area (Å²) < 4.78 is 11.7. The van der Waals surface area contributed by atoms with Gasteiger partial charge in [0, 0.05) is 6.04 Å². The van der Waals surface area contributed by atoms with E-state index in [-0.39, 0.29) is 31.1 Å². The van der Waals surface area contributed by atoms with Crippen molar-refractivity contribution in [2.24, 2.45) is 11.8 Å². The average molecular weight is 396 g/mol. The van der Waals surface area contributed by atoms with Gasteiger partial charge in [0.2, 0.25) is 11.8 Å². The molecule has 3 saturated heterocycles. The molecule has 2 unspecified atom stereocenters. The molecule has 0 aromatic heterocycles. The Hall–Kier alpha value is -1.67. The van der Waals surface area contributed by atoms with E-state index in [1.807, 2.05) is 27.7 Å². The van der Waals surface area contributed by atoms with Crippen molar-refractivity contribution < 1.29 is 29.0 Å². The van der Waals surface area contributed by atoms with Gasteiger partial charge >= 0.3 is 5.97 Å². The van der Waals surface area contributed by atoms with Gasteiger partial charge in [0.05, 0.1) is 30.8 Å². The molecule has 158 valence electrons. The largest absolute Gasteiger partial charge is 0.466 e. The monoisotopic (exact) mass is 396 g/mol. The summed E-state index contributed by atoms with van der Waals surface area (Å²) in [7, 11) is 0. The van der Waals surface area contributed by atoms with Crippen molar-refractivity contribution in [3.63, 3.8) is 0 Å². The molecule has 3 aliphatic rings. The van der Waals surface area contributed by atoms with Crippen LogP contribution in [0.2, 0.25) is 0 Å². The normalized spacial score (nSPS) is 37.3. The number of carbonyl (C=O) groups is 3.